The molecule has 0 radical (unpaired) electrons. The highest BCUT2D eigenvalue weighted by molar-refractivity contribution is 5.62. The molecule has 0 fully saturated rings. The lowest BCUT2D eigenvalue weighted by Gasteiger charge is -2.07. The van der Waals surface area contributed by atoms with E-state index in [4.69, 9.17) is 5.26 Å². The minimum atomic E-state index is 0.719. The first-order valence-electron chi connectivity index (χ1n) is 4.03. The molecule has 0 aromatic heterocycles. The first-order valence-corrected chi connectivity index (χ1v) is 4.03. The number of nitriles is 1. The van der Waals surface area contributed by atoms with Crippen LogP contribution in [0, 0.1) is 11.3 Å². The zero-order valence-corrected chi connectivity index (χ0v) is 7.39. The minimum absolute atomic E-state index is 0.719. The highest BCUT2D eigenvalue weighted by atomic mass is 14.8. The molecule has 0 heterocycles. The average molecular weight is 160 g/mol. The molecule has 0 atom stereocenters. The van der Waals surface area contributed by atoms with Crippen LogP contribution in [-0.4, -0.2) is 7.05 Å². The van der Waals surface area contributed by atoms with Crippen molar-refractivity contribution >= 4 is 5.69 Å². The van der Waals surface area contributed by atoms with E-state index in [1.165, 1.54) is 5.56 Å². The van der Waals surface area contributed by atoms with Crippen LogP contribution in [0.2, 0.25) is 0 Å². The van der Waals surface area contributed by atoms with Crippen molar-refractivity contribution in [2.45, 2.75) is 13.3 Å². The van der Waals surface area contributed by atoms with Gasteiger partial charge in [-0.3, -0.25) is 0 Å². The van der Waals surface area contributed by atoms with Crippen molar-refractivity contribution < 1.29 is 0 Å². The third-order valence-corrected chi connectivity index (χ3v) is 1.90. The van der Waals surface area contributed by atoms with Gasteiger partial charge in [0.25, 0.3) is 0 Å². The van der Waals surface area contributed by atoms with Crippen LogP contribution in [0.25, 0.3) is 0 Å². The lowest BCUT2D eigenvalue weighted by Crippen LogP contribution is -1.97. The van der Waals surface area contributed by atoms with Gasteiger partial charge in [-0.15, -0.1) is 0 Å². The standard InChI is InChI=1S/C10H12N2/c1-3-8-5-4-6-9(7-11)10(8)12-2/h4-6,12H,3H2,1-2H3. The summed E-state index contributed by atoms with van der Waals surface area (Å²) in [6, 6.07) is 7.93. The van der Waals surface area contributed by atoms with Crippen LogP contribution in [0.3, 0.4) is 0 Å². The Morgan fingerprint density at radius 1 is 1.50 bits per heavy atom. The number of para-hydroxylation sites is 1. The van der Waals surface area contributed by atoms with E-state index in [9.17, 15) is 0 Å². The molecule has 0 saturated carbocycles. The molecule has 1 rings (SSSR count). The van der Waals surface area contributed by atoms with Gasteiger partial charge in [-0.2, -0.15) is 5.26 Å². The highest BCUT2D eigenvalue weighted by Crippen LogP contribution is 2.19. The second-order valence-corrected chi connectivity index (χ2v) is 2.56. The molecule has 2 heteroatoms. The largest absolute Gasteiger partial charge is 0.387 e. The quantitative estimate of drug-likeness (QED) is 0.719. The summed E-state index contributed by atoms with van der Waals surface area (Å²) in [5, 5.41) is 11.8. The fourth-order valence-electron chi connectivity index (χ4n) is 1.28. The maximum Gasteiger partial charge on any atom is 0.101 e. The molecular weight excluding hydrogens is 148 g/mol. The molecule has 2 nitrogen and oxygen atoms in total. The maximum atomic E-state index is 8.78. The zero-order valence-electron chi connectivity index (χ0n) is 7.39. The lowest BCUT2D eigenvalue weighted by atomic mass is 10.1. The molecule has 0 amide bonds. The Morgan fingerprint density at radius 3 is 2.75 bits per heavy atom. The van der Waals surface area contributed by atoms with Crippen molar-refractivity contribution in [3.8, 4) is 6.07 Å². The predicted molar refractivity (Wildman–Crippen MR) is 50.1 cm³/mol. The Hall–Kier alpha value is -1.49. The molecule has 0 aliphatic carbocycles. The van der Waals surface area contributed by atoms with E-state index < -0.39 is 0 Å². The third kappa shape index (κ3) is 1.40. The van der Waals surface area contributed by atoms with Gasteiger partial charge in [0.15, 0.2) is 0 Å². The summed E-state index contributed by atoms with van der Waals surface area (Å²) in [5.41, 5.74) is 2.87. The van der Waals surface area contributed by atoms with Crippen LogP contribution in [0.15, 0.2) is 18.2 Å². The van der Waals surface area contributed by atoms with Crippen molar-refractivity contribution in [2.24, 2.45) is 0 Å². The van der Waals surface area contributed by atoms with Gasteiger partial charge in [-0.05, 0) is 18.1 Å². The highest BCUT2D eigenvalue weighted by Gasteiger charge is 2.03. The van der Waals surface area contributed by atoms with E-state index in [1.807, 2.05) is 25.2 Å². The van der Waals surface area contributed by atoms with Crippen molar-refractivity contribution in [3.05, 3.63) is 29.3 Å². The minimum Gasteiger partial charge on any atom is -0.387 e. The van der Waals surface area contributed by atoms with Gasteiger partial charge in [0, 0.05) is 7.05 Å². The molecule has 62 valence electrons. The lowest BCUT2D eigenvalue weighted by molar-refractivity contribution is 1.13. The van der Waals surface area contributed by atoms with E-state index in [0.29, 0.717) is 0 Å². The second kappa shape index (κ2) is 3.77. The molecule has 12 heavy (non-hydrogen) atoms. The van der Waals surface area contributed by atoms with Gasteiger partial charge in [-0.1, -0.05) is 19.1 Å². The number of hydrogen-bond donors (Lipinski definition) is 1. The van der Waals surface area contributed by atoms with Crippen molar-refractivity contribution in [1.82, 2.24) is 0 Å². The van der Waals surface area contributed by atoms with E-state index in [2.05, 4.69) is 18.3 Å². The molecule has 1 aromatic rings. The predicted octanol–water partition coefficient (Wildman–Crippen LogP) is 2.16. The molecule has 0 saturated heterocycles. The molecule has 0 aliphatic heterocycles. The number of nitrogens with zero attached hydrogens (tertiary/aromatic N) is 1. The Labute approximate surface area is 72.8 Å². The Balaban J connectivity index is 3.24. The molecule has 0 spiro atoms. The van der Waals surface area contributed by atoms with E-state index >= 15 is 0 Å². The number of aryl methyl sites for hydroxylation is 1. The maximum absolute atomic E-state index is 8.78. The molecule has 1 aromatic carbocycles. The normalized spacial score (nSPS) is 9.08. The van der Waals surface area contributed by atoms with Crippen LogP contribution >= 0.6 is 0 Å². The summed E-state index contributed by atoms with van der Waals surface area (Å²) < 4.78 is 0. The van der Waals surface area contributed by atoms with Crippen LogP contribution in [-0.2, 0) is 6.42 Å². The van der Waals surface area contributed by atoms with E-state index in [-0.39, 0.29) is 0 Å². The van der Waals surface area contributed by atoms with Crippen LogP contribution < -0.4 is 5.32 Å². The van der Waals surface area contributed by atoms with Crippen LogP contribution in [0.1, 0.15) is 18.1 Å². The second-order valence-electron chi connectivity index (χ2n) is 2.56. The number of rotatable bonds is 2. The van der Waals surface area contributed by atoms with Crippen molar-refractivity contribution in [3.63, 3.8) is 0 Å². The molecule has 0 unspecified atom stereocenters. The first-order chi connectivity index (χ1) is 5.83. The van der Waals surface area contributed by atoms with Gasteiger partial charge in [-0.25, -0.2) is 0 Å². The monoisotopic (exact) mass is 160 g/mol. The number of benzene rings is 1. The molecule has 0 aliphatic rings. The molecule has 1 N–H and O–H groups in total. The Morgan fingerprint density at radius 2 is 2.25 bits per heavy atom. The number of anilines is 1. The van der Waals surface area contributed by atoms with Crippen molar-refractivity contribution in [1.29, 1.82) is 5.26 Å². The summed E-state index contributed by atoms with van der Waals surface area (Å²) in [5.74, 6) is 0. The zero-order chi connectivity index (χ0) is 8.97. The number of hydrogen-bond acceptors (Lipinski definition) is 2. The smallest absolute Gasteiger partial charge is 0.101 e. The SMILES string of the molecule is CCc1cccc(C#N)c1NC. The summed E-state index contributed by atoms with van der Waals surface area (Å²) in [7, 11) is 1.84. The molecular formula is C10H12N2. The molecule has 0 bridgehead atoms. The summed E-state index contributed by atoms with van der Waals surface area (Å²) >= 11 is 0. The number of nitrogens with one attached hydrogen (secondary N) is 1. The van der Waals surface area contributed by atoms with Gasteiger partial charge in [0.2, 0.25) is 0 Å². The first kappa shape index (κ1) is 8.61. The fourth-order valence-corrected chi connectivity index (χ4v) is 1.28. The third-order valence-electron chi connectivity index (χ3n) is 1.90. The van der Waals surface area contributed by atoms with E-state index in [1.54, 1.807) is 0 Å². The van der Waals surface area contributed by atoms with Gasteiger partial charge >= 0.3 is 0 Å². The van der Waals surface area contributed by atoms with Crippen LogP contribution in [0.4, 0.5) is 5.69 Å². The average Bonchev–Trinajstić information content (AvgIpc) is 2.16. The van der Waals surface area contributed by atoms with Crippen molar-refractivity contribution in [2.75, 3.05) is 12.4 Å². The summed E-state index contributed by atoms with van der Waals surface area (Å²) in [6.45, 7) is 2.08. The topological polar surface area (TPSA) is 35.8 Å². The van der Waals surface area contributed by atoms with Gasteiger partial charge in [0.1, 0.15) is 6.07 Å². The summed E-state index contributed by atoms with van der Waals surface area (Å²) in [4.78, 5) is 0. The van der Waals surface area contributed by atoms with Gasteiger partial charge in [0.05, 0.1) is 11.3 Å². The fraction of sp³-hybridized carbons (Fsp3) is 0.300. The Kier molecular flexibility index (Phi) is 2.71. The van der Waals surface area contributed by atoms with Crippen LogP contribution in [0.5, 0.6) is 0 Å². The van der Waals surface area contributed by atoms with E-state index in [0.717, 1.165) is 17.7 Å². The Bertz CT molecular complexity index is 310. The van der Waals surface area contributed by atoms with Gasteiger partial charge < -0.3 is 5.32 Å². The summed E-state index contributed by atoms with van der Waals surface area (Å²) in [6.07, 6.45) is 0.950.